The Bertz CT molecular complexity index is 1350. The summed E-state index contributed by atoms with van der Waals surface area (Å²) in [4.78, 5) is 0. The van der Waals surface area contributed by atoms with E-state index in [1.54, 1.807) is 24.3 Å². The number of halogens is 3. The maximum Gasteiger partial charge on any atom is 0.417 e. The van der Waals surface area contributed by atoms with E-state index >= 15 is 0 Å². The van der Waals surface area contributed by atoms with E-state index in [1.807, 2.05) is 31.5 Å². The third-order valence-electron chi connectivity index (χ3n) is 6.16. The summed E-state index contributed by atoms with van der Waals surface area (Å²) >= 11 is 0. The molecule has 1 fully saturated rings. The maximum atomic E-state index is 13.6. The highest BCUT2D eigenvalue weighted by atomic mass is 32.2. The Morgan fingerprint density at radius 2 is 1.74 bits per heavy atom. The molecule has 0 radical (unpaired) electrons. The molecule has 35 heavy (non-hydrogen) atoms. The van der Waals surface area contributed by atoms with Crippen LogP contribution in [0.4, 0.5) is 13.2 Å². The largest absolute Gasteiger partial charge is 0.417 e. The molecule has 1 aliphatic carbocycles. The van der Waals surface area contributed by atoms with Crippen LogP contribution in [0.1, 0.15) is 44.7 Å². The van der Waals surface area contributed by atoms with Crippen molar-refractivity contribution in [2.75, 3.05) is 0 Å². The van der Waals surface area contributed by atoms with Crippen molar-refractivity contribution < 1.29 is 31.8 Å². The topological polar surface area (TPSA) is 91.6 Å². The second kappa shape index (κ2) is 8.62. The van der Waals surface area contributed by atoms with Gasteiger partial charge in [-0.15, -0.1) is 0 Å². The Morgan fingerprint density at radius 3 is 2.34 bits per heavy atom. The minimum atomic E-state index is -4.50. The van der Waals surface area contributed by atoms with Gasteiger partial charge in [0.25, 0.3) is 0 Å². The van der Waals surface area contributed by atoms with Crippen molar-refractivity contribution in [2.24, 2.45) is 5.41 Å². The van der Waals surface area contributed by atoms with Crippen LogP contribution in [-0.4, -0.2) is 34.2 Å². The predicted molar refractivity (Wildman–Crippen MR) is 128 cm³/mol. The van der Waals surface area contributed by atoms with Crippen LogP contribution in [0.5, 0.6) is 0 Å². The highest BCUT2D eigenvalue weighted by Gasteiger charge is 2.47. The minimum absolute atomic E-state index is 0.0190. The molecule has 10 heteroatoms. The van der Waals surface area contributed by atoms with Crippen LogP contribution >= 0.6 is 0 Å². The molecule has 0 bridgehead atoms. The number of aliphatic hydroxyl groups is 2. The first-order chi connectivity index (χ1) is 16.1. The normalized spacial score (nSPS) is 17.0. The molecule has 6 nitrogen and oxygen atoms in total. The van der Waals surface area contributed by atoms with Crippen molar-refractivity contribution in [3.8, 4) is 11.1 Å². The summed E-state index contributed by atoms with van der Waals surface area (Å²) in [5.41, 5.74) is 1.03. The van der Waals surface area contributed by atoms with Gasteiger partial charge in [-0.1, -0.05) is 51.1 Å². The molecule has 0 aliphatic heterocycles. The Hall–Kier alpha value is -2.40. The van der Waals surface area contributed by atoms with Gasteiger partial charge in [0.2, 0.25) is 10.0 Å². The molecule has 190 valence electrons. The quantitative estimate of drug-likeness (QED) is 0.422. The van der Waals surface area contributed by atoms with Gasteiger partial charge in [0.15, 0.2) is 5.79 Å². The zero-order valence-corrected chi connectivity index (χ0v) is 20.5. The molecule has 3 N–H and O–H groups in total. The lowest BCUT2D eigenvalue weighted by Gasteiger charge is -2.38. The summed E-state index contributed by atoms with van der Waals surface area (Å²) in [5, 5.41) is 18.8. The number of aromatic nitrogens is 1. The molecule has 0 saturated heterocycles. The first kappa shape index (κ1) is 25.7. The Kier molecular flexibility index (Phi) is 6.32. The van der Waals surface area contributed by atoms with Crippen molar-refractivity contribution in [1.82, 2.24) is 9.29 Å². The lowest BCUT2D eigenvalue weighted by atomic mass is 9.91. The highest BCUT2D eigenvalue weighted by Crippen LogP contribution is 2.39. The molecule has 3 aromatic rings. The fourth-order valence-electron chi connectivity index (χ4n) is 4.49. The van der Waals surface area contributed by atoms with E-state index < -0.39 is 32.8 Å². The number of hydrogen-bond donors (Lipinski definition) is 3. The molecule has 0 amide bonds. The number of hydrogen-bond acceptors (Lipinski definition) is 4. The van der Waals surface area contributed by atoms with E-state index in [0.29, 0.717) is 23.2 Å². The fraction of sp³-hybridized carbons (Fsp3) is 0.440. The van der Waals surface area contributed by atoms with Crippen LogP contribution in [0.25, 0.3) is 22.0 Å². The number of nitrogens with zero attached hydrogens (tertiary/aromatic N) is 1. The van der Waals surface area contributed by atoms with E-state index in [9.17, 15) is 31.8 Å². The van der Waals surface area contributed by atoms with Crippen LogP contribution in [0.3, 0.4) is 0 Å². The van der Waals surface area contributed by atoms with Crippen LogP contribution in [0.15, 0.2) is 48.7 Å². The summed E-state index contributed by atoms with van der Waals surface area (Å²) in [6.07, 6.45) is -3.18. The number of benzene rings is 2. The zero-order chi connectivity index (χ0) is 25.8. The third-order valence-corrected chi connectivity index (χ3v) is 7.92. The molecule has 1 aliphatic rings. The molecular formula is C25H29F3N2O4S. The fourth-order valence-corrected chi connectivity index (χ4v) is 6.05. The third kappa shape index (κ3) is 5.55. The van der Waals surface area contributed by atoms with E-state index in [4.69, 9.17) is 0 Å². The molecule has 0 atom stereocenters. The van der Waals surface area contributed by atoms with Crippen LogP contribution in [-0.2, 0) is 29.3 Å². The molecule has 1 aromatic heterocycles. The molecule has 0 unspecified atom stereocenters. The van der Waals surface area contributed by atoms with Crippen molar-refractivity contribution in [3.63, 3.8) is 0 Å². The highest BCUT2D eigenvalue weighted by molar-refractivity contribution is 7.90. The Labute approximate surface area is 202 Å². The number of nitrogens with one attached hydrogen (secondary N) is 1. The SMILES string of the molecule is CC(C)(C)Cn1cc(CNS(=O)(=O)C2CC(O)(O)C2)c2ccc(-c3ccccc3C(F)(F)F)cc21. The number of sulfonamides is 1. The predicted octanol–water partition coefficient (Wildman–Crippen LogP) is 4.64. The summed E-state index contributed by atoms with van der Waals surface area (Å²) in [6, 6.07) is 10.5. The lowest BCUT2D eigenvalue weighted by molar-refractivity contribution is -0.208. The second-order valence-electron chi connectivity index (χ2n) is 10.5. The first-order valence-electron chi connectivity index (χ1n) is 11.3. The van der Waals surface area contributed by atoms with Gasteiger partial charge in [-0.3, -0.25) is 0 Å². The van der Waals surface area contributed by atoms with Crippen molar-refractivity contribution in [1.29, 1.82) is 0 Å². The monoisotopic (exact) mass is 510 g/mol. The summed E-state index contributed by atoms with van der Waals surface area (Å²) < 4.78 is 70.5. The average Bonchev–Trinajstić information content (AvgIpc) is 3.05. The van der Waals surface area contributed by atoms with Gasteiger partial charge in [-0.05, 0) is 34.2 Å². The Morgan fingerprint density at radius 1 is 1.09 bits per heavy atom. The van der Waals surface area contributed by atoms with Crippen LogP contribution in [0.2, 0.25) is 0 Å². The molecular weight excluding hydrogens is 481 g/mol. The van der Waals surface area contributed by atoms with Crippen molar-refractivity contribution in [3.05, 3.63) is 59.8 Å². The molecule has 2 aromatic carbocycles. The number of rotatable bonds is 6. The van der Waals surface area contributed by atoms with Gasteiger partial charge in [0, 0.05) is 43.0 Å². The lowest BCUT2D eigenvalue weighted by Crippen LogP contribution is -2.53. The maximum absolute atomic E-state index is 13.6. The molecule has 1 heterocycles. The van der Waals surface area contributed by atoms with Gasteiger partial charge >= 0.3 is 6.18 Å². The van der Waals surface area contributed by atoms with E-state index in [0.717, 1.165) is 11.5 Å². The van der Waals surface area contributed by atoms with Gasteiger partial charge in [0.1, 0.15) is 0 Å². The summed E-state index contributed by atoms with van der Waals surface area (Å²) in [7, 11) is -3.76. The van der Waals surface area contributed by atoms with Crippen molar-refractivity contribution in [2.45, 2.75) is 63.9 Å². The van der Waals surface area contributed by atoms with E-state index in [1.165, 1.54) is 12.1 Å². The summed E-state index contributed by atoms with van der Waals surface area (Å²) in [5.74, 6) is -1.95. The number of alkyl halides is 3. The van der Waals surface area contributed by atoms with Gasteiger partial charge in [-0.25, -0.2) is 13.1 Å². The average molecular weight is 511 g/mol. The van der Waals surface area contributed by atoms with E-state index in [2.05, 4.69) is 4.72 Å². The van der Waals surface area contributed by atoms with Crippen molar-refractivity contribution >= 4 is 20.9 Å². The van der Waals surface area contributed by atoms with Crippen LogP contribution < -0.4 is 4.72 Å². The smallest absolute Gasteiger partial charge is 0.366 e. The number of fused-ring (bicyclic) bond motifs is 1. The summed E-state index contributed by atoms with van der Waals surface area (Å²) in [6.45, 7) is 6.67. The van der Waals surface area contributed by atoms with Gasteiger partial charge < -0.3 is 14.8 Å². The molecule has 4 rings (SSSR count). The minimum Gasteiger partial charge on any atom is -0.366 e. The zero-order valence-electron chi connectivity index (χ0n) is 19.7. The van der Waals surface area contributed by atoms with Crippen LogP contribution in [0, 0.1) is 5.41 Å². The molecule has 1 saturated carbocycles. The van der Waals surface area contributed by atoms with Gasteiger partial charge in [-0.2, -0.15) is 13.2 Å². The second-order valence-corrected chi connectivity index (χ2v) is 12.5. The first-order valence-corrected chi connectivity index (χ1v) is 12.8. The van der Waals surface area contributed by atoms with E-state index in [-0.39, 0.29) is 30.4 Å². The van der Waals surface area contributed by atoms with Gasteiger partial charge in [0.05, 0.1) is 10.8 Å². The Balaban J connectivity index is 1.72. The standard InChI is InChI=1S/C25H29F3N2O4S/c1-23(2,3)15-30-14-17(13-29-35(33,34)18-11-24(31,32)12-18)20-9-8-16(10-22(20)30)19-6-4-5-7-21(19)25(26,27)28/h4-10,14,18,29,31-32H,11-13,15H2,1-3H3. The molecule has 0 spiro atoms.